The topological polar surface area (TPSA) is 39.4 Å². The lowest BCUT2D eigenvalue weighted by molar-refractivity contribution is 0.105. The van der Waals surface area contributed by atoms with Crippen LogP contribution >= 0.6 is 27.3 Å². The van der Waals surface area contributed by atoms with Crippen LogP contribution in [0.1, 0.15) is 26.1 Å². The normalized spacial score (nSPS) is 11.1. The smallest absolute Gasteiger partial charge is 0.195 e. The summed E-state index contributed by atoms with van der Waals surface area (Å²) >= 11 is 4.87. The summed E-state index contributed by atoms with van der Waals surface area (Å²) in [5.41, 5.74) is 0. The van der Waals surface area contributed by atoms with E-state index in [1.807, 2.05) is 55.5 Å². The summed E-state index contributed by atoms with van der Waals surface area (Å²) in [6.07, 6.45) is 3.21. The van der Waals surface area contributed by atoms with Gasteiger partial charge in [-0.2, -0.15) is 0 Å². The number of allylic oxidation sites excluding steroid dienone is 1. The highest BCUT2D eigenvalue weighted by Gasteiger charge is 2.05. The Morgan fingerprint density at radius 1 is 1.17 bits per heavy atom. The van der Waals surface area contributed by atoms with Crippen LogP contribution in [0.3, 0.4) is 0 Å². The number of hydrogen-bond donors (Lipinski definition) is 0. The van der Waals surface area contributed by atoms with E-state index in [-0.39, 0.29) is 5.78 Å². The van der Waals surface area contributed by atoms with E-state index in [4.69, 9.17) is 9.15 Å². The lowest BCUT2D eigenvalue weighted by atomic mass is 10.3. The Bertz CT molecular complexity index is 859. The van der Waals surface area contributed by atoms with Crippen LogP contribution in [0.4, 0.5) is 0 Å². The molecule has 2 aromatic heterocycles. The van der Waals surface area contributed by atoms with E-state index in [0.717, 1.165) is 20.0 Å². The molecule has 0 aliphatic heterocycles. The van der Waals surface area contributed by atoms with Crippen LogP contribution in [0.5, 0.6) is 5.75 Å². The van der Waals surface area contributed by atoms with E-state index < -0.39 is 0 Å². The summed E-state index contributed by atoms with van der Waals surface area (Å²) in [5, 5.41) is 0. The summed E-state index contributed by atoms with van der Waals surface area (Å²) in [6, 6.07) is 15.1. The van der Waals surface area contributed by atoms with Crippen molar-refractivity contribution < 1.29 is 13.9 Å². The standard InChI is InChI=1S/C19H15BrO3S/c1-13-2-11-19(24-13)18(21)10-9-16-7-8-17(23-16)12-22-15-5-3-14(20)4-6-15/h2-11H,12H2,1H3/b10-9+. The molecule has 122 valence electrons. The highest BCUT2D eigenvalue weighted by Crippen LogP contribution is 2.19. The summed E-state index contributed by atoms with van der Waals surface area (Å²) in [6.45, 7) is 2.32. The van der Waals surface area contributed by atoms with Crippen LogP contribution in [0.25, 0.3) is 6.08 Å². The van der Waals surface area contributed by atoms with E-state index in [0.29, 0.717) is 18.1 Å². The molecule has 24 heavy (non-hydrogen) atoms. The van der Waals surface area contributed by atoms with Gasteiger partial charge in [0.15, 0.2) is 5.78 Å². The van der Waals surface area contributed by atoms with Crippen molar-refractivity contribution in [1.82, 2.24) is 0 Å². The quantitative estimate of drug-likeness (QED) is 0.381. The Balaban J connectivity index is 1.58. The third-order valence-corrected chi connectivity index (χ3v) is 4.80. The SMILES string of the molecule is Cc1ccc(C(=O)/C=C/c2ccc(COc3ccc(Br)cc3)o2)s1. The van der Waals surface area contributed by atoms with Gasteiger partial charge in [-0.3, -0.25) is 4.79 Å². The predicted molar refractivity (Wildman–Crippen MR) is 99.6 cm³/mol. The number of carbonyl (C=O) groups is 1. The molecule has 0 N–H and O–H groups in total. The molecule has 3 rings (SSSR count). The van der Waals surface area contributed by atoms with E-state index in [1.165, 1.54) is 17.4 Å². The summed E-state index contributed by atoms with van der Waals surface area (Å²) in [7, 11) is 0. The molecule has 0 fully saturated rings. The molecule has 0 unspecified atom stereocenters. The van der Waals surface area contributed by atoms with Crippen molar-refractivity contribution in [3.8, 4) is 5.75 Å². The predicted octanol–water partition coefficient (Wildman–Crippen LogP) is 5.89. The number of aryl methyl sites for hydroxylation is 1. The van der Waals surface area contributed by atoms with Crippen LogP contribution < -0.4 is 4.74 Å². The minimum Gasteiger partial charge on any atom is -0.486 e. The fourth-order valence-corrected chi connectivity index (χ4v) is 3.11. The molecular weight excluding hydrogens is 388 g/mol. The molecule has 3 nitrogen and oxygen atoms in total. The van der Waals surface area contributed by atoms with Crippen LogP contribution in [0.15, 0.2) is 63.5 Å². The number of ether oxygens (including phenoxy) is 1. The van der Waals surface area contributed by atoms with Crippen molar-refractivity contribution >= 4 is 39.1 Å². The first-order chi connectivity index (χ1) is 11.6. The number of furan rings is 1. The van der Waals surface area contributed by atoms with Crippen LogP contribution in [-0.2, 0) is 6.61 Å². The van der Waals surface area contributed by atoms with Crippen LogP contribution in [0.2, 0.25) is 0 Å². The van der Waals surface area contributed by atoms with E-state index in [9.17, 15) is 4.79 Å². The van der Waals surface area contributed by atoms with Gasteiger partial charge in [0, 0.05) is 9.35 Å². The third-order valence-electron chi connectivity index (χ3n) is 3.26. The van der Waals surface area contributed by atoms with E-state index >= 15 is 0 Å². The molecule has 1 aromatic carbocycles. The van der Waals surface area contributed by atoms with Gasteiger partial charge in [-0.25, -0.2) is 0 Å². The summed E-state index contributed by atoms with van der Waals surface area (Å²) < 4.78 is 12.3. The van der Waals surface area contributed by atoms with Gasteiger partial charge in [-0.05, 0) is 67.6 Å². The van der Waals surface area contributed by atoms with Crippen molar-refractivity contribution in [3.63, 3.8) is 0 Å². The monoisotopic (exact) mass is 402 g/mol. The number of halogens is 1. The van der Waals surface area contributed by atoms with Crippen LogP contribution in [0, 0.1) is 6.92 Å². The van der Waals surface area contributed by atoms with Gasteiger partial charge in [0.1, 0.15) is 23.9 Å². The average molecular weight is 403 g/mol. The fourth-order valence-electron chi connectivity index (χ4n) is 2.05. The number of rotatable bonds is 6. The van der Waals surface area contributed by atoms with Gasteiger partial charge in [-0.15, -0.1) is 11.3 Å². The fraction of sp³-hybridized carbons (Fsp3) is 0.105. The second kappa shape index (κ2) is 7.64. The molecule has 0 aliphatic carbocycles. The maximum absolute atomic E-state index is 12.0. The van der Waals surface area contributed by atoms with Crippen molar-refractivity contribution in [1.29, 1.82) is 0 Å². The molecule has 0 atom stereocenters. The van der Waals surface area contributed by atoms with E-state index in [2.05, 4.69) is 15.9 Å². The van der Waals surface area contributed by atoms with Gasteiger partial charge in [-0.1, -0.05) is 15.9 Å². The van der Waals surface area contributed by atoms with Crippen molar-refractivity contribution in [2.45, 2.75) is 13.5 Å². The second-order valence-electron chi connectivity index (χ2n) is 5.15. The molecule has 0 bridgehead atoms. The molecule has 3 aromatic rings. The van der Waals surface area contributed by atoms with Gasteiger partial charge < -0.3 is 9.15 Å². The number of thiophene rings is 1. The largest absolute Gasteiger partial charge is 0.486 e. The van der Waals surface area contributed by atoms with Crippen molar-refractivity contribution in [3.05, 3.63) is 80.4 Å². The molecule has 0 aliphatic rings. The highest BCUT2D eigenvalue weighted by atomic mass is 79.9. The summed E-state index contributed by atoms with van der Waals surface area (Å²) in [4.78, 5) is 13.9. The van der Waals surface area contributed by atoms with Gasteiger partial charge in [0.2, 0.25) is 0 Å². The molecule has 0 spiro atoms. The molecule has 2 heterocycles. The molecular formula is C19H15BrO3S. The highest BCUT2D eigenvalue weighted by molar-refractivity contribution is 9.10. The first kappa shape index (κ1) is 16.7. The zero-order valence-corrected chi connectivity index (χ0v) is 15.4. The number of benzene rings is 1. The lowest BCUT2D eigenvalue weighted by Crippen LogP contribution is -1.93. The minimum atomic E-state index is -0.0165. The first-order valence-corrected chi connectivity index (χ1v) is 8.97. The average Bonchev–Trinajstić information content (AvgIpc) is 3.21. The molecule has 5 heteroatoms. The Labute approximate surface area is 152 Å². The van der Waals surface area contributed by atoms with Crippen molar-refractivity contribution in [2.75, 3.05) is 0 Å². The molecule has 0 amide bonds. The zero-order valence-electron chi connectivity index (χ0n) is 13.0. The maximum atomic E-state index is 12.0. The Kier molecular flexibility index (Phi) is 5.33. The van der Waals surface area contributed by atoms with Gasteiger partial charge in [0.05, 0.1) is 4.88 Å². The number of hydrogen-bond acceptors (Lipinski definition) is 4. The molecule has 0 saturated heterocycles. The Morgan fingerprint density at radius 2 is 1.96 bits per heavy atom. The Hall–Kier alpha value is -2.11. The lowest BCUT2D eigenvalue weighted by Gasteiger charge is -2.03. The van der Waals surface area contributed by atoms with Gasteiger partial charge >= 0.3 is 0 Å². The number of ketones is 1. The van der Waals surface area contributed by atoms with Crippen molar-refractivity contribution in [2.24, 2.45) is 0 Å². The van der Waals surface area contributed by atoms with Crippen LogP contribution in [-0.4, -0.2) is 5.78 Å². The maximum Gasteiger partial charge on any atom is 0.195 e. The first-order valence-electron chi connectivity index (χ1n) is 7.36. The molecule has 0 saturated carbocycles. The van der Waals surface area contributed by atoms with Gasteiger partial charge in [0.25, 0.3) is 0 Å². The second-order valence-corrected chi connectivity index (χ2v) is 7.36. The third kappa shape index (κ3) is 4.46. The van der Waals surface area contributed by atoms with E-state index in [1.54, 1.807) is 6.08 Å². The Morgan fingerprint density at radius 3 is 2.67 bits per heavy atom. The summed E-state index contributed by atoms with van der Waals surface area (Å²) in [5.74, 6) is 2.09. The minimum absolute atomic E-state index is 0.0165. The molecule has 0 radical (unpaired) electrons. The number of carbonyl (C=O) groups excluding carboxylic acids is 1. The zero-order chi connectivity index (χ0) is 16.9.